The van der Waals surface area contributed by atoms with Crippen molar-refractivity contribution >= 4 is 0 Å². The molecule has 2 aromatic rings. The van der Waals surface area contributed by atoms with E-state index in [4.69, 9.17) is 9.47 Å². The maximum Gasteiger partial charge on any atom is 0.231 e. The van der Waals surface area contributed by atoms with Crippen LogP contribution in [0.5, 0.6) is 11.5 Å². The summed E-state index contributed by atoms with van der Waals surface area (Å²) in [6, 6.07) is 8.21. The van der Waals surface area contributed by atoms with Gasteiger partial charge in [-0.25, -0.2) is 0 Å². The summed E-state index contributed by atoms with van der Waals surface area (Å²) in [5.41, 5.74) is 2.27. The molecule has 1 atom stereocenters. The fourth-order valence-electron chi connectivity index (χ4n) is 2.31. The van der Waals surface area contributed by atoms with Gasteiger partial charge < -0.3 is 14.8 Å². The largest absolute Gasteiger partial charge is 0.454 e. The van der Waals surface area contributed by atoms with E-state index in [1.165, 1.54) is 0 Å². The van der Waals surface area contributed by atoms with Gasteiger partial charge in [-0.05, 0) is 19.1 Å². The van der Waals surface area contributed by atoms with Crippen molar-refractivity contribution in [2.24, 2.45) is 7.05 Å². The summed E-state index contributed by atoms with van der Waals surface area (Å²) in [6.07, 6.45) is 1.81. The highest BCUT2D eigenvalue weighted by Gasteiger charge is 2.17. The zero-order chi connectivity index (χ0) is 13.2. The third-order valence-corrected chi connectivity index (χ3v) is 3.38. The van der Waals surface area contributed by atoms with Crippen molar-refractivity contribution in [1.82, 2.24) is 15.1 Å². The third-order valence-electron chi connectivity index (χ3n) is 3.38. The van der Waals surface area contributed by atoms with E-state index in [-0.39, 0.29) is 6.04 Å². The molecule has 0 spiro atoms. The molecule has 3 rings (SSSR count). The van der Waals surface area contributed by atoms with E-state index in [0.717, 1.165) is 29.3 Å². The van der Waals surface area contributed by atoms with Gasteiger partial charge in [0, 0.05) is 31.4 Å². The van der Waals surface area contributed by atoms with Gasteiger partial charge in [0.2, 0.25) is 6.79 Å². The van der Waals surface area contributed by atoms with Crippen LogP contribution in [0.2, 0.25) is 0 Å². The molecule has 5 heteroatoms. The van der Waals surface area contributed by atoms with Crippen LogP contribution >= 0.6 is 0 Å². The average molecular weight is 259 g/mol. The minimum atomic E-state index is 0.227. The molecule has 100 valence electrons. The summed E-state index contributed by atoms with van der Waals surface area (Å²) < 4.78 is 12.8. The van der Waals surface area contributed by atoms with E-state index in [9.17, 15) is 0 Å². The number of benzene rings is 1. The normalized spacial score (nSPS) is 14.6. The van der Waals surface area contributed by atoms with Crippen LogP contribution in [-0.2, 0) is 13.6 Å². The fourth-order valence-corrected chi connectivity index (χ4v) is 2.31. The SMILES string of the molecule is CC(NCc1cccc2c1OCO2)c1ccnn1C. The van der Waals surface area contributed by atoms with Crippen molar-refractivity contribution in [2.45, 2.75) is 19.5 Å². The Labute approximate surface area is 112 Å². The van der Waals surface area contributed by atoms with Crippen LogP contribution in [0.3, 0.4) is 0 Å². The molecule has 5 nitrogen and oxygen atoms in total. The molecular formula is C14H17N3O2. The molecular weight excluding hydrogens is 242 g/mol. The quantitative estimate of drug-likeness (QED) is 0.912. The van der Waals surface area contributed by atoms with Crippen molar-refractivity contribution in [1.29, 1.82) is 0 Å². The minimum Gasteiger partial charge on any atom is -0.454 e. The number of aryl methyl sites for hydroxylation is 1. The van der Waals surface area contributed by atoms with Crippen LogP contribution in [0.15, 0.2) is 30.5 Å². The standard InChI is InChI=1S/C14H17N3O2/c1-10(12-6-7-16-17(12)2)15-8-11-4-3-5-13-14(11)19-9-18-13/h3-7,10,15H,8-9H2,1-2H3. The summed E-state index contributed by atoms with van der Waals surface area (Å²) in [6.45, 7) is 3.17. The monoisotopic (exact) mass is 259 g/mol. The lowest BCUT2D eigenvalue weighted by Gasteiger charge is -2.15. The van der Waals surface area contributed by atoms with Gasteiger partial charge in [-0.15, -0.1) is 0 Å². The van der Waals surface area contributed by atoms with Crippen LogP contribution in [0, 0.1) is 0 Å². The van der Waals surface area contributed by atoms with Crippen molar-refractivity contribution in [3.63, 3.8) is 0 Å². The summed E-state index contributed by atoms with van der Waals surface area (Å²) in [7, 11) is 1.95. The second-order valence-electron chi connectivity index (χ2n) is 4.63. The predicted molar refractivity (Wildman–Crippen MR) is 71.0 cm³/mol. The number of nitrogens with zero attached hydrogens (tertiary/aromatic N) is 2. The third kappa shape index (κ3) is 2.29. The molecule has 0 radical (unpaired) electrons. The van der Waals surface area contributed by atoms with E-state index in [1.54, 1.807) is 0 Å². The zero-order valence-electron chi connectivity index (χ0n) is 11.1. The summed E-state index contributed by atoms with van der Waals surface area (Å²) in [4.78, 5) is 0. The maximum atomic E-state index is 5.50. The number of para-hydroxylation sites is 1. The highest BCUT2D eigenvalue weighted by molar-refractivity contribution is 5.48. The lowest BCUT2D eigenvalue weighted by atomic mass is 10.1. The molecule has 1 N–H and O–H groups in total. The number of ether oxygens (including phenoxy) is 2. The van der Waals surface area contributed by atoms with E-state index in [2.05, 4.69) is 23.4 Å². The first-order valence-electron chi connectivity index (χ1n) is 6.34. The van der Waals surface area contributed by atoms with Gasteiger partial charge >= 0.3 is 0 Å². The Bertz CT molecular complexity index is 580. The van der Waals surface area contributed by atoms with E-state index in [1.807, 2.05) is 36.1 Å². The Hall–Kier alpha value is -2.01. The van der Waals surface area contributed by atoms with Crippen LogP contribution in [-0.4, -0.2) is 16.6 Å². The summed E-state index contributed by atoms with van der Waals surface area (Å²) in [5.74, 6) is 1.68. The molecule has 19 heavy (non-hydrogen) atoms. The molecule has 2 heterocycles. The first-order valence-corrected chi connectivity index (χ1v) is 6.34. The first kappa shape index (κ1) is 12.0. The molecule has 1 aromatic heterocycles. The average Bonchev–Trinajstić information content (AvgIpc) is 3.04. The fraction of sp³-hybridized carbons (Fsp3) is 0.357. The summed E-state index contributed by atoms with van der Waals surface area (Å²) >= 11 is 0. The van der Waals surface area contributed by atoms with Crippen molar-refractivity contribution < 1.29 is 9.47 Å². The van der Waals surface area contributed by atoms with E-state index < -0.39 is 0 Å². The van der Waals surface area contributed by atoms with Crippen molar-refractivity contribution in [3.05, 3.63) is 41.7 Å². The molecule has 0 bridgehead atoms. The van der Waals surface area contributed by atoms with Gasteiger partial charge in [-0.1, -0.05) is 12.1 Å². The van der Waals surface area contributed by atoms with E-state index in [0.29, 0.717) is 6.79 Å². The minimum absolute atomic E-state index is 0.227. The van der Waals surface area contributed by atoms with Gasteiger partial charge in [-0.3, -0.25) is 4.68 Å². The predicted octanol–water partition coefficient (Wildman–Crippen LogP) is 2.00. The number of nitrogens with one attached hydrogen (secondary N) is 1. The first-order chi connectivity index (χ1) is 9.25. The zero-order valence-corrected chi connectivity index (χ0v) is 11.1. The molecule has 0 aliphatic carbocycles. The Morgan fingerprint density at radius 3 is 3.05 bits per heavy atom. The van der Waals surface area contributed by atoms with Gasteiger partial charge in [0.25, 0.3) is 0 Å². The molecule has 0 fully saturated rings. The van der Waals surface area contributed by atoms with Crippen LogP contribution in [0.4, 0.5) is 0 Å². The van der Waals surface area contributed by atoms with Gasteiger partial charge in [0.05, 0.1) is 5.69 Å². The lowest BCUT2D eigenvalue weighted by molar-refractivity contribution is 0.173. The van der Waals surface area contributed by atoms with Crippen molar-refractivity contribution in [3.8, 4) is 11.5 Å². The Morgan fingerprint density at radius 2 is 2.26 bits per heavy atom. The van der Waals surface area contributed by atoms with Gasteiger partial charge in [-0.2, -0.15) is 5.10 Å². The smallest absolute Gasteiger partial charge is 0.231 e. The topological polar surface area (TPSA) is 48.3 Å². The highest BCUT2D eigenvalue weighted by atomic mass is 16.7. The van der Waals surface area contributed by atoms with Gasteiger partial charge in [0.1, 0.15) is 0 Å². The number of rotatable bonds is 4. The second kappa shape index (κ2) is 4.93. The van der Waals surface area contributed by atoms with Crippen LogP contribution in [0.25, 0.3) is 0 Å². The number of aromatic nitrogens is 2. The van der Waals surface area contributed by atoms with Crippen molar-refractivity contribution in [2.75, 3.05) is 6.79 Å². The van der Waals surface area contributed by atoms with E-state index >= 15 is 0 Å². The molecule has 0 amide bonds. The molecule has 1 aliphatic rings. The molecule has 1 unspecified atom stereocenters. The second-order valence-corrected chi connectivity index (χ2v) is 4.63. The Balaban J connectivity index is 1.70. The lowest BCUT2D eigenvalue weighted by Crippen LogP contribution is -2.20. The van der Waals surface area contributed by atoms with Gasteiger partial charge in [0.15, 0.2) is 11.5 Å². The number of hydrogen-bond donors (Lipinski definition) is 1. The molecule has 1 aromatic carbocycles. The number of fused-ring (bicyclic) bond motifs is 1. The molecule has 0 saturated carbocycles. The Kier molecular flexibility index (Phi) is 3.13. The Morgan fingerprint density at radius 1 is 1.37 bits per heavy atom. The maximum absolute atomic E-state index is 5.50. The van der Waals surface area contributed by atoms with Crippen LogP contribution in [0.1, 0.15) is 24.2 Å². The summed E-state index contributed by atoms with van der Waals surface area (Å²) in [5, 5.41) is 7.66. The number of hydrogen-bond acceptors (Lipinski definition) is 4. The molecule has 1 aliphatic heterocycles. The highest BCUT2D eigenvalue weighted by Crippen LogP contribution is 2.35. The molecule has 0 saturated heterocycles. The van der Waals surface area contributed by atoms with Crippen LogP contribution < -0.4 is 14.8 Å².